The number of carbonyl (C=O) groups is 1. The average molecular weight is 297 g/mol. The highest BCUT2D eigenvalue weighted by Crippen LogP contribution is 2.17. The molecule has 1 amide bonds. The highest BCUT2D eigenvalue weighted by Gasteiger charge is 2.22. The minimum Gasteiger partial charge on any atom is -0.342 e. The van der Waals surface area contributed by atoms with E-state index in [0.29, 0.717) is 6.42 Å². The van der Waals surface area contributed by atoms with E-state index in [1.165, 1.54) is 0 Å². The van der Waals surface area contributed by atoms with Crippen molar-refractivity contribution in [3.8, 4) is 0 Å². The quantitative estimate of drug-likeness (QED) is 0.905. The molecular formula is C16H25ClN2O. The number of nitrogens with one attached hydrogen (secondary N) is 1. The molecule has 0 bridgehead atoms. The number of piperidine rings is 1. The lowest BCUT2D eigenvalue weighted by atomic mass is 9.96. The van der Waals surface area contributed by atoms with Crippen LogP contribution in [-0.4, -0.2) is 37.0 Å². The molecule has 4 heteroatoms. The van der Waals surface area contributed by atoms with Crippen LogP contribution in [0.4, 0.5) is 0 Å². The van der Waals surface area contributed by atoms with Crippen LogP contribution in [0.15, 0.2) is 30.3 Å². The zero-order valence-corrected chi connectivity index (χ0v) is 13.0. The molecule has 3 nitrogen and oxygen atoms in total. The van der Waals surface area contributed by atoms with Crippen LogP contribution in [0.2, 0.25) is 0 Å². The molecule has 1 saturated heterocycles. The number of halogens is 1. The Morgan fingerprint density at radius 2 is 1.90 bits per heavy atom. The van der Waals surface area contributed by atoms with Crippen LogP contribution in [0.1, 0.15) is 25.3 Å². The van der Waals surface area contributed by atoms with Gasteiger partial charge in [0.2, 0.25) is 5.91 Å². The molecule has 0 saturated carbocycles. The van der Waals surface area contributed by atoms with E-state index >= 15 is 0 Å². The predicted molar refractivity (Wildman–Crippen MR) is 85.2 cm³/mol. The van der Waals surface area contributed by atoms with E-state index in [4.69, 9.17) is 0 Å². The summed E-state index contributed by atoms with van der Waals surface area (Å²) < 4.78 is 0. The van der Waals surface area contributed by atoms with E-state index in [-0.39, 0.29) is 18.3 Å². The molecule has 0 unspecified atom stereocenters. The van der Waals surface area contributed by atoms with Crippen LogP contribution in [0, 0.1) is 5.92 Å². The van der Waals surface area contributed by atoms with Gasteiger partial charge in [-0.05, 0) is 37.4 Å². The van der Waals surface area contributed by atoms with E-state index in [0.717, 1.165) is 50.5 Å². The smallest absolute Gasteiger partial charge is 0.226 e. The number of nitrogens with zero attached hydrogens (tertiary/aromatic N) is 1. The highest BCUT2D eigenvalue weighted by molar-refractivity contribution is 5.85. The van der Waals surface area contributed by atoms with Crippen molar-refractivity contribution >= 4 is 18.3 Å². The van der Waals surface area contributed by atoms with E-state index in [2.05, 4.69) is 12.2 Å². The average Bonchev–Trinajstić information content (AvgIpc) is 2.46. The summed E-state index contributed by atoms with van der Waals surface area (Å²) in [6.07, 6.45) is 2.81. The molecule has 1 aromatic rings. The van der Waals surface area contributed by atoms with Crippen molar-refractivity contribution in [3.63, 3.8) is 0 Å². The second-order valence-corrected chi connectivity index (χ2v) is 5.29. The lowest BCUT2D eigenvalue weighted by Crippen LogP contribution is -2.41. The highest BCUT2D eigenvalue weighted by atomic mass is 35.5. The number of benzene rings is 1. The molecular weight excluding hydrogens is 272 g/mol. The van der Waals surface area contributed by atoms with Crippen molar-refractivity contribution in [2.24, 2.45) is 5.92 Å². The zero-order valence-electron chi connectivity index (χ0n) is 12.2. The number of rotatable bonds is 5. The number of carbonyl (C=O) groups excluding carboxylic acids is 1. The van der Waals surface area contributed by atoms with E-state index in [1.54, 1.807) is 0 Å². The van der Waals surface area contributed by atoms with Gasteiger partial charge >= 0.3 is 0 Å². The topological polar surface area (TPSA) is 32.3 Å². The molecule has 0 spiro atoms. The number of likely N-dealkylation sites (tertiary alicyclic amines) is 1. The first-order valence-corrected chi connectivity index (χ1v) is 7.32. The van der Waals surface area contributed by atoms with Gasteiger partial charge in [0, 0.05) is 13.1 Å². The normalized spacial score (nSPS) is 15.8. The predicted octanol–water partition coefficient (Wildman–Crippen LogP) is 2.50. The van der Waals surface area contributed by atoms with Crippen LogP contribution >= 0.6 is 12.4 Å². The van der Waals surface area contributed by atoms with Crippen molar-refractivity contribution in [1.29, 1.82) is 0 Å². The summed E-state index contributed by atoms with van der Waals surface area (Å²) in [7, 11) is 0. The molecule has 112 valence electrons. The van der Waals surface area contributed by atoms with Crippen LogP contribution in [0.3, 0.4) is 0 Å². The van der Waals surface area contributed by atoms with Crippen molar-refractivity contribution in [2.75, 3.05) is 26.2 Å². The Kier molecular flexibility index (Phi) is 7.63. The fraction of sp³-hybridized carbons (Fsp3) is 0.562. The third kappa shape index (κ3) is 5.14. The first-order valence-electron chi connectivity index (χ1n) is 7.32. The van der Waals surface area contributed by atoms with Gasteiger partial charge in [0.15, 0.2) is 0 Å². The second kappa shape index (κ2) is 8.98. The lowest BCUT2D eigenvalue weighted by Gasteiger charge is -2.32. The Labute approximate surface area is 128 Å². The molecule has 20 heavy (non-hydrogen) atoms. The molecule has 1 aromatic carbocycles. The number of amides is 1. The lowest BCUT2D eigenvalue weighted by molar-refractivity contribution is -0.131. The largest absolute Gasteiger partial charge is 0.342 e. The number of hydrogen-bond donors (Lipinski definition) is 1. The summed E-state index contributed by atoms with van der Waals surface area (Å²) in [4.78, 5) is 14.2. The van der Waals surface area contributed by atoms with Gasteiger partial charge in [0.05, 0.1) is 6.42 Å². The molecule has 0 aliphatic carbocycles. The Morgan fingerprint density at radius 1 is 1.25 bits per heavy atom. The molecule has 1 N–H and O–H groups in total. The van der Waals surface area contributed by atoms with Gasteiger partial charge in [-0.3, -0.25) is 4.79 Å². The summed E-state index contributed by atoms with van der Waals surface area (Å²) in [6.45, 7) is 6.10. The maximum absolute atomic E-state index is 12.2. The Hall–Kier alpha value is -1.06. The number of hydrogen-bond acceptors (Lipinski definition) is 2. The summed E-state index contributed by atoms with van der Waals surface area (Å²) in [5.41, 5.74) is 1.11. The van der Waals surface area contributed by atoms with Gasteiger partial charge in [-0.1, -0.05) is 37.3 Å². The molecule has 0 atom stereocenters. The van der Waals surface area contributed by atoms with Gasteiger partial charge in [-0.2, -0.15) is 0 Å². The standard InChI is InChI=1S/C16H24N2O.ClH/c1-2-17-13-15-8-10-18(11-9-15)16(19)12-14-6-4-3-5-7-14;/h3-7,15,17H,2,8-13H2,1H3;1H. The van der Waals surface area contributed by atoms with Crippen molar-refractivity contribution < 1.29 is 4.79 Å². The van der Waals surface area contributed by atoms with Crippen molar-refractivity contribution in [1.82, 2.24) is 10.2 Å². The maximum atomic E-state index is 12.2. The van der Waals surface area contributed by atoms with Crippen molar-refractivity contribution in [3.05, 3.63) is 35.9 Å². The molecule has 1 heterocycles. The van der Waals surface area contributed by atoms with Gasteiger partial charge < -0.3 is 10.2 Å². The van der Waals surface area contributed by atoms with Gasteiger partial charge in [0.1, 0.15) is 0 Å². The molecule has 0 aromatic heterocycles. The van der Waals surface area contributed by atoms with Crippen LogP contribution in [-0.2, 0) is 11.2 Å². The SMILES string of the molecule is CCNCC1CCN(C(=O)Cc2ccccc2)CC1.Cl. The first-order chi connectivity index (χ1) is 9.29. The van der Waals surface area contributed by atoms with Gasteiger partial charge in [-0.25, -0.2) is 0 Å². The van der Waals surface area contributed by atoms with Gasteiger partial charge in [0.25, 0.3) is 0 Å². The Balaban J connectivity index is 0.00000200. The summed E-state index contributed by atoms with van der Waals surface area (Å²) in [6, 6.07) is 10.0. The first kappa shape index (κ1) is 17.0. The molecule has 0 radical (unpaired) electrons. The third-order valence-corrected chi connectivity index (χ3v) is 3.85. The van der Waals surface area contributed by atoms with Gasteiger partial charge in [-0.15, -0.1) is 12.4 Å². The van der Waals surface area contributed by atoms with Crippen LogP contribution in [0.5, 0.6) is 0 Å². The molecule has 2 rings (SSSR count). The van der Waals surface area contributed by atoms with E-state index < -0.39 is 0 Å². The van der Waals surface area contributed by atoms with Crippen molar-refractivity contribution in [2.45, 2.75) is 26.2 Å². The zero-order chi connectivity index (χ0) is 13.5. The Bertz CT molecular complexity index is 389. The molecule has 1 aliphatic rings. The van der Waals surface area contributed by atoms with E-state index in [9.17, 15) is 4.79 Å². The minimum atomic E-state index is 0. The fourth-order valence-electron chi connectivity index (χ4n) is 2.62. The monoisotopic (exact) mass is 296 g/mol. The van der Waals surface area contributed by atoms with E-state index in [1.807, 2.05) is 35.2 Å². The molecule has 1 aliphatic heterocycles. The Morgan fingerprint density at radius 3 is 2.50 bits per heavy atom. The third-order valence-electron chi connectivity index (χ3n) is 3.85. The fourth-order valence-corrected chi connectivity index (χ4v) is 2.62. The second-order valence-electron chi connectivity index (χ2n) is 5.29. The summed E-state index contributed by atoms with van der Waals surface area (Å²) in [5, 5.41) is 3.40. The summed E-state index contributed by atoms with van der Waals surface area (Å²) >= 11 is 0. The van der Waals surface area contributed by atoms with Crippen LogP contribution in [0.25, 0.3) is 0 Å². The molecule has 1 fully saturated rings. The summed E-state index contributed by atoms with van der Waals surface area (Å²) in [5.74, 6) is 1.01. The minimum absolute atomic E-state index is 0. The van der Waals surface area contributed by atoms with Crippen LogP contribution < -0.4 is 5.32 Å². The maximum Gasteiger partial charge on any atom is 0.226 e.